The van der Waals surface area contributed by atoms with Crippen LogP contribution in [0.5, 0.6) is 0 Å². The molecule has 0 saturated heterocycles. The van der Waals surface area contributed by atoms with E-state index < -0.39 is 0 Å². The first-order chi connectivity index (χ1) is 7.45. The number of hydrogen-bond donors (Lipinski definition) is 1. The minimum Gasteiger partial charge on any atom is -0.312 e. The van der Waals surface area contributed by atoms with Crippen LogP contribution in [0.4, 0.5) is 0 Å². The second-order valence-corrected chi connectivity index (χ2v) is 3.64. The smallest absolute Gasteiger partial charge is 0.162 e. The molecule has 0 saturated carbocycles. The van der Waals surface area contributed by atoms with Gasteiger partial charge in [0, 0.05) is 24.5 Å². The van der Waals surface area contributed by atoms with Gasteiger partial charge in [0.2, 0.25) is 0 Å². The van der Waals surface area contributed by atoms with E-state index in [2.05, 4.69) is 21.5 Å². The van der Waals surface area contributed by atoms with Gasteiger partial charge < -0.3 is 5.32 Å². The zero-order valence-corrected chi connectivity index (χ0v) is 8.35. The standard InChI is InChI=1S/C11H12N4/c1-3-9(7-12-4-1)10-8-14-15-6-2-5-13-11(10)15/h2-3,5-6,8,12H,1,4,7H2. The van der Waals surface area contributed by atoms with E-state index in [1.54, 1.807) is 6.20 Å². The van der Waals surface area contributed by atoms with Gasteiger partial charge in [-0.05, 0) is 24.6 Å². The quantitative estimate of drug-likeness (QED) is 0.749. The van der Waals surface area contributed by atoms with Crippen molar-refractivity contribution < 1.29 is 0 Å². The van der Waals surface area contributed by atoms with E-state index in [-0.39, 0.29) is 0 Å². The summed E-state index contributed by atoms with van der Waals surface area (Å²) in [5, 5.41) is 7.63. The van der Waals surface area contributed by atoms with Gasteiger partial charge in [0.1, 0.15) is 0 Å². The zero-order valence-electron chi connectivity index (χ0n) is 8.35. The Morgan fingerprint density at radius 2 is 2.40 bits per heavy atom. The predicted molar refractivity (Wildman–Crippen MR) is 58.5 cm³/mol. The highest BCUT2D eigenvalue weighted by molar-refractivity contribution is 5.76. The highest BCUT2D eigenvalue weighted by Gasteiger charge is 2.11. The fourth-order valence-electron chi connectivity index (χ4n) is 1.90. The van der Waals surface area contributed by atoms with Gasteiger partial charge in [0.05, 0.1) is 6.20 Å². The summed E-state index contributed by atoms with van der Waals surface area (Å²) in [4.78, 5) is 4.35. The fraction of sp³-hybridized carbons (Fsp3) is 0.273. The number of hydrogen-bond acceptors (Lipinski definition) is 3. The third kappa shape index (κ3) is 1.43. The van der Waals surface area contributed by atoms with Crippen molar-refractivity contribution in [2.45, 2.75) is 6.42 Å². The lowest BCUT2D eigenvalue weighted by Gasteiger charge is -2.12. The van der Waals surface area contributed by atoms with Crippen LogP contribution in [0.3, 0.4) is 0 Å². The van der Waals surface area contributed by atoms with Crippen molar-refractivity contribution >= 4 is 11.2 Å². The maximum Gasteiger partial charge on any atom is 0.162 e. The Morgan fingerprint density at radius 1 is 1.40 bits per heavy atom. The molecule has 1 N–H and O–H groups in total. The van der Waals surface area contributed by atoms with E-state index in [0.717, 1.165) is 30.7 Å². The van der Waals surface area contributed by atoms with Crippen LogP contribution in [0.1, 0.15) is 12.0 Å². The first-order valence-electron chi connectivity index (χ1n) is 5.13. The molecule has 0 unspecified atom stereocenters. The minimum atomic E-state index is 0.915. The molecule has 4 heteroatoms. The van der Waals surface area contributed by atoms with E-state index in [1.165, 1.54) is 5.57 Å². The fourth-order valence-corrected chi connectivity index (χ4v) is 1.90. The summed E-state index contributed by atoms with van der Waals surface area (Å²) in [5.41, 5.74) is 3.38. The number of aromatic nitrogens is 3. The van der Waals surface area contributed by atoms with Crippen molar-refractivity contribution in [3.8, 4) is 0 Å². The summed E-state index contributed by atoms with van der Waals surface area (Å²) >= 11 is 0. The molecule has 0 amide bonds. The van der Waals surface area contributed by atoms with Gasteiger partial charge in [-0.1, -0.05) is 6.08 Å². The van der Waals surface area contributed by atoms with Crippen molar-refractivity contribution in [3.05, 3.63) is 36.3 Å². The van der Waals surface area contributed by atoms with Crippen LogP contribution in [0, 0.1) is 0 Å². The van der Waals surface area contributed by atoms with Gasteiger partial charge >= 0.3 is 0 Å². The highest BCUT2D eigenvalue weighted by atomic mass is 15.2. The molecule has 2 aromatic heterocycles. The van der Waals surface area contributed by atoms with Gasteiger partial charge in [-0.3, -0.25) is 0 Å². The molecule has 2 aromatic rings. The lowest BCUT2D eigenvalue weighted by molar-refractivity contribution is 0.739. The number of fused-ring (bicyclic) bond motifs is 1. The van der Waals surface area contributed by atoms with Gasteiger partial charge in [-0.15, -0.1) is 0 Å². The molecular weight excluding hydrogens is 188 g/mol. The Hall–Kier alpha value is -1.68. The van der Waals surface area contributed by atoms with Gasteiger partial charge in [-0.25, -0.2) is 9.50 Å². The monoisotopic (exact) mass is 200 g/mol. The third-order valence-corrected chi connectivity index (χ3v) is 2.65. The normalized spacial score (nSPS) is 16.7. The SMILES string of the molecule is C1=C(c2cnn3cccnc23)CNCC1. The minimum absolute atomic E-state index is 0.915. The van der Waals surface area contributed by atoms with Crippen molar-refractivity contribution in [3.63, 3.8) is 0 Å². The highest BCUT2D eigenvalue weighted by Crippen LogP contribution is 2.19. The molecule has 0 aliphatic carbocycles. The number of nitrogens with zero attached hydrogens (tertiary/aromatic N) is 3. The Morgan fingerprint density at radius 3 is 3.27 bits per heavy atom. The maximum absolute atomic E-state index is 4.35. The van der Waals surface area contributed by atoms with Crippen LogP contribution in [-0.2, 0) is 0 Å². The van der Waals surface area contributed by atoms with Crippen molar-refractivity contribution in [1.29, 1.82) is 0 Å². The van der Waals surface area contributed by atoms with Crippen LogP contribution in [0.2, 0.25) is 0 Å². The average molecular weight is 200 g/mol. The molecule has 3 heterocycles. The Balaban J connectivity index is 2.14. The van der Waals surface area contributed by atoms with E-state index >= 15 is 0 Å². The second kappa shape index (κ2) is 3.47. The molecule has 0 aromatic carbocycles. The topological polar surface area (TPSA) is 42.2 Å². The largest absolute Gasteiger partial charge is 0.312 e. The van der Waals surface area contributed by atoms with Crippen LogP contribution in [0.25, 0.3) is 11.2 Å². The van der Waals surface area contributed by atoms with Gasteiger partial charge in [0.25, 0.3) is 0 Å². The van der Waals surface area contributed by atoms with E-state index in [0.29, 0.717) is 0 Å². The summed E-state index contributed by atoms with van der Waals surface area (Å²) in [7, 11) is 0. The van der Waals surface area contributed by atoms with Gasteiger partial charge in [-0.2, -0.15) is 5.10 Å². The molecule has 76 valence electrons. The van der Waals surface area contributed by atoms with Gasteiger partial charge in [0.15, 0.2) is 5.65 Å². The summed E-state index contributed by atoms with van der Waals surface area (Å²) in [5.74, 6) is 0. The van der Waals surface area contributed by atoms with Crippen LogP contribution >= 0.6 is 0 Å². The summed E-state index contributed by atoms with van der Waals surface area (Å²) in [6.07, 6.45) is 8.96. The van der Waals surface area contributed by atoms with Crippen molar-refractivity contribution in [1.82, 2.24) is 19.9 Å². The van der Waals surface area contributed by atoms with Crippen LogP contribution in [-0.4, -0.2) is 27.7 Å². The summed E-state index contributed by atoms with van der Waals surface area (Å²) in [6.45, 7) is 1.98. The summed E-state index contributed by atoms with van der Waals surface area (Å²) < 4.78 is 1.81. The number of nitrogens with one attached hydrogen (secondary N) is 1. The predicted octanol–water partition coefficient (Wildman–Crippen LogP) is 1.11. The van der Waals surface area contributed by atoms with E-state index in [9.17, 15) is 0 Å². The molecule has 0 bridgehead atoms. The molecule has 0 radical (unpaired) electrons. The molecule has 0 atom stereocenters. The molecule has 1 aliphatic rings. The van der Waals surface area contributed by atoms with Crippen molar-refractivity contribution in [2.24, 2.45) is 0 Å². The Labute approximate surface area is 87.6 Å². The Kier molecular flexibility index (Phi) is 1.99. The van der Waals surface area contributed by atoms with E-state index in [1.807, 2.05) is 23.0 Å². The van der Waals surface area contributed by atoms with E-state index in [4.69, 9.17) is 0 Å². The molecule has 1 aliphatic heterocycles. The molecule has 4 nitrogen and oxygen atoms in total. The van der Waals surface area contributed by atoms with Crippen LogP contribution in [0.15, 0.2) is 30.7 Å². The zero-order chi connectivity index (χ0) is 10.1. The lowest BCUT2D eigenvalue weighted by atomic mass is 10.1. The third-order valence-electron chi connectivity index (χ3n) is 2.65. The molecular formula is C11H12N4. The number of rotatable bonds is 1. The van der Waals surface area contributed by atoms with Crippen LogP contribution < -0.4 is 5.32 Å². The maximum atomic E-state index is 4.35. The second-order valence-electron chi connectivity index (χ2n) is 3.64. The molecule has 3 rings (SSSR count). The molecule has 15 heavy (non-hydrogen) atoms. The lowest BCUT2D eigenvalue weighted by Crippen LogP contribution is -2.21. The summed E-state index contributed by atoms with van der Waals surface area (Å²) in [6, 6.07) is 1.89. The first-order valence-corrected chi connectivity index (χ1v) is 5.13. The first kappa shape index (κ1) is 8.61. The Bertz CT molecular complexity index is 512. The average Bonchev–Trinajstić information content (AvgIpc) is 2.74. The van der Waals surface area contributed by atoms with Crippen molar-refractivity contribution in [2.75, 3.05) is 13.1 Å². The molecule has 0 spiro atoms. The molecule has 0 fully saturated rings.